The molecule has 0 amide bonds. The number of non-ortho nitro benzene ring substituents is 1. The Kier molecular flexibility index (Phi) is 3.63. The van der Waals surface area contributed by atoms with Crippen molar-refractivity contribution in [2.75, 3.05) is 0 Å². The molecule has 0 unspecified atom stereocenters. The molecule has 0 saturated heterocycles. The second kappa shape index (κ2) is 5.37. The van der Waals surface area contributed by atoms with Crippen molar-refractivity contribution in [1.82, 2.24) is 15.5 Å². The van der Waals surface area contributed by atoms with E-state index in [0.29, 0.717) is 24.9 Å². The number of benzene rings is 1. The molecule has 0 bridgehead atoms. The van der Waals surface area contributed by atoms with Gasteiger partial charge >= 0.3 is 0 Å². The molecule has 1 N–H and O–H groups in total. The van der Waals surface area contributed by atoms with Crippen LogP contribution in [0.5, 0.6) is 0 Å². The van der Waals surface area contributed by atoms with E-state index in [-0.39, 0.29) is 5.69 Å². The number of nitro groups is 1. The molecule has 1 aromatic carbocycles. The zero-order chi connectivity index (χ0) is 13.0. The summed E-state index contributed by atoms with van der Waals surface area (Å²) < 4.78 is 5.20. The molecule has 0 spiro atoms. The van der Waals surface area contributed by atoms with E-state index in [1.165, 1.54) is 12.1 Å². The first-order chi connectivity index (χ1) is 8.65. The van der Waals surface area contributed by atoms with Gasteiger partial charge in [0.15, 0.2) is 0 Å². The molecular weight excluding hydrogens is 236 g/mol. The standard InChI is InChI=1S/C11H12N4O3/c1-8-13-14-11(18-8)7-12-6-9-2-4-10(5-3-9)15(16)17/h2-5,12H,6-7H2,1H3. The predicted octanol–water partition coefficient (Wildman–Crippen LogP) is 1.58. The van der Waals surface area contributed by atoms with Crippen molar-refractivity contribution in [2.24, 2.45) is 0 Å². The van der Waals surface area contributed by atoms with Crippen LogP contribution in [-0.2, 0) is 13.1 Å². The Bertz CT molecular complexity index is 535. The number of hydrogen-bond acceptors (Lipinski definition) is 6. The summed E-state index contributed by atoms with van der Waals surface area (Å²) in [5.41, 5.74) is 1.04. The molecule has 2 aromatic rings. The van der Waals surface area contributed by atoms with Gasteiger partial charge in [-0.15, -0.1) is 10.2 Å². The number of hydrogen-bond donors (Lipinski definition) is 1. The highest BCUT2D eigenvalue weighted by atomic mass is 16.6. The fourth-order valence-electron chi connectivity index (χ4n) is 1.46. The summed E-state index contributed by atoms with van der Waals surface area (Å²) in [6, 6.07) is 6.39. The van der Waals surface area contributed by atoms with E-state index in [2.05, 4.69) is 15.5 Å². The van der Waals surface area contributed by atoms with Gasteiger partial charge in [0.05, 0.1) is 11.5 Å². The van der Waals surface area contributed by atoms with Crippen LogP contribution in [0.4, 0.5) is 5.69 Å². The molecule has 7 heteroatoms. The Morgan fingerprint density at radius 3 is 2.56 bits per heavy atom. The predicted molar refractivity (Wildman–Crippen MR) is 62.7 cm³/mol. The van der Waals surface area contributed by atoms with Crippen molar-refractivity contribution >= 4 is 5.69 Å². The van der Waals surface area contributed by atoms with Gasteiger partial charge in [-0.3, -0.25) is 10.1 Å². The van der Waals surface area contributed by atoms with Gasteiger partial charge in [-0.05, 0) is 5.56 Å². The van der Waals surface area contributed by atoms with Crippen LogP contribution in [0.25, 0.3) is 0 Å². The minimum absolute atomic E-state index is 0.0891. The minimum atomic E-state index is -0.418. The molecule has 0 aliphatic carbocycles. The van der Waals surface area contributed by atoms with Crippen LogP contribution >= 0.6 is 0 Å². The summed E-state index contributed by atoms with van der Waals surface area (Å²) in [7, 11) is 0. The quantitative estimate of drug-likeness (QED) is 0.637. The van der Waals surface area contributed by atoms with E-state index < -0.39 is 4.92 Å². The van der Waals surface area contributed by atoms with Crippen molar-refractivity contribution < 1.29 is 9.34 Å². The van der Waals surface area contributed by atoms with E-state index in [1.54, 1.807) is 19.1 Å². The van der Waals surface area contributed by atoms with Crippen LogP contribution < -0.4 is 5.32 Å². The molecule has 0 radical (unpaired) electrons. The summed E-state index contributed by atoms with van der Waals surface area (Å²) >= 11 is 0. The summed E-state index contributed by atoms with van der Waals surface area (Å²) in [5, 5.41) is 21.1. The van der Waals surface area contributed by atoms with Crippen LogP contribution in [0.3, 0.4) is 0 Å². The summed E-state index contributed by atoms with van der Waals surface area (Å²) in [6.45, 7) is 2.78. The van der Waals surface area contributed by atoms with Gasteiger partial charge in [-0.1, -0.05) is 12.1 Å². The number of nitro benzene ring substituents is 1. The van der Waals surface area contributed by atoms with Crippen LogP contribution in [-0.4, -0.2) is 15.1 Å². The van der Waals surface area contributed by atoms with Gasteiger partial charge < -0.3 is 9.73 Å². The number of aromatic nitrogens is 2. The number of nitrogens with zero attached hydrogens (tertiary/aromatic N) is 3. The van der Waals surface area contributed by atoms with Crippen molar-refractivity contribution in [3.63, 3.8) is 0 Å². The number of nitrogens with one attached hydrogen (secondary N) is 1. The van der Waals surface area contributed by atoms with Gasteiger partial charge in [0.2, 0.25) is 11.8 Å². The maximum atomic E-state index is 10.5. The molecule has 0 saturated carbocycles. The van der Waals surface area contributed by atoms with Crippen LogP contribution in [0.2, 0.25) is 0 Å². The number of rotatable bonds is 5. The van der Waals surface area contributed by atoms with E-state index >= 15 is 0 Å². The first kappa shape index (κ1) is 12.2. The Hall–Kier alpha value is -2.28. The zero-order valence-electron chi connectivity index (χ0n) is 9.79. The second-order valence-corrected chi connectivity index (χ2v) is 3.74. The van der Waals surface area contributed by atoms with Crippen molar-refractivity contribution in [3.05, 3.63) is 51.7 Å². The molecule has 0 aliphatic heterocycles. The molecule has 0 atom stereocenters. The second-order valence-electron chi connectivity index (χ2n) is 3.74. The van der Waals surface area contributed by atoms with Gasteiger partial charge in [0, 0.05) is 25.6 Å². The Labute approximate surface area is 103 Å². The lowest BCUT2D eigenvalue weighted by Crippen LogP contribution is -2.12. The fraction of sp³-hybridized carbons (Fsp3) is 0.273. The topological polar surface area (TPSA) is 94.1 Å². The van der Waals surface area contributed by atoms with Gasteiger partial charge in [0.25, 0.3) is 5.69 Å². The number of aryl methyl sites for hydroxylation is 1. The van der Waals surface area contributed by atoms with Crippen LogP contribution in [0, 0.1) is 17.0 Å². The molecule has 0 fully saturated rings. The Balaban J connectivity index is 1.85. The van der Waals surface area contributed by atoms with Crippen molar-refractivity contribution in [2.45, 2.75) is 20.0 Å². The normalized spacial score (nSPS) is 10.5. The molecule has 1 heterocycles. The smallest absolute Gasteiger partial charge is 0.269 e. The Morgan fingerprint density at radius 2 is 2.00 bits per heavy atom. The molecule has 0 aliphatic rings. The highest BCUT2D eigenvalue weighted by Gasteiger charge is 2.04. The lowest BCUT2D eigenvalue weighted by atomic mass is 10.2. The van der Waals surface area contributed by atoms with E-state index in [0.717, 1.165) is 5.56 Å². The third kappa shape index (κ3) is 3.11. The third-order valence-corrected chi connectivity index (χ3v) is 2.32. The fourth-order valence-corrected chi connectivity index (χ4v) is 1.46. The van der Waals surface area contributed by atoms with Crippen molar-refractivity contribution in [1.29, 1.82) is 0 Å². The maximum Gasteiger partial charge on any atom is 0.269 e. The molecule has 1 aromatic heterocycles. The van der Waals surface area contributed by atoms with E-state index in [4.69, 9.17) is 4.42 Å². The largest absolute Gasteiger partial charge is 0.424 e. The van der Waals surface area contributed by atoms with Crippen LogP contribution in [0.1, 0.15) is 17.3 Å². The van der Waals surface area contributed by atoms with Crippen LogP contribution in [0.15, 0.2) is 28.7 Å². The highest BCUT2D eigenvalue weighted by molar-refractivity contribution is 5.32. The Morgan fingerprint density at radius 1 is 1.28 bits per heavy atom. The maximum absolute atomic E-state index is 10.5. The lowest BCUT2D eigenvalue weighted by Gasteiger charge is -2.01. The van der Waals surface area contributed by atoms with Crippen molar-refractivity contribution in [3.8, 4) is 0 Å². The SMILES string of the molecule is Cc1nnc(CNCc2ccc([N+](=O)[O-])cc2)o1. The van der Waals surface area contributed by atoms with E-state index in [1.807, 2.05) is 0 Å². The average Bonchev–Trinajstić information content (AvgIpc) is 2.76. The highest BCUT2D eigenvalue weighted by Crippen LogP contribution is 2.11. The molecule has 18 heavy (non-hydrogen) atoms. The van der Waals surface area contributed by atoms with Gasteiger partial charge in [0.1, 0.15) is 0 Å². The summed E-state index contributed by atoms with van der Waals surface area (Å²) in [6.07, 6.45) is 0. The monoisotopic (exact) mass is 248 g/mol. The molecule has 94 valence electrons. The summed E-state index contributed by atoms with van der Waals surface area (Å²) in [5.74, 6) is 1.05. The zero-order valence-corrected chi connectivity index (χ0v) is 9.79. The molecular formula is C11H12N4O3. The molecule has 7 nitrogen and oxygen atoms in total. The first-order valence-corrected chi connectivity index (χ1v) is 5.38. The average molecular weight is 248 g/mol. The van der Waals surface area contributed by atoms with Gasteiger partial charge in [-0.2, -0.15) is 0 Å². The summed E-state index contributed by atoms with van der Waals surface area (Å²) in [4.78, 5) is 10.1. The lowest BCUT2D eigenvalue weighted by molar-refractivity contribution is -0.384. The minimum Gasteiger partial charge on any atom is -0.424 e. The van der Waals surface area contributed by atoms with E-state index in [9.17, 15) is 10.1 Å². The molecule has 2 rings (SSSR count). The van der Waals surface area contributed by atoms with Gasteiger partial charge in [-0.25, -0.2) is 0 Å². The third-order valence-electron chi connectivity index (χ3n) is 2.32. The first-order valence-electron chi connectivity index (χ1n) is 5.38.